The number of hydrogen-bond donors (Lipinski definition) is 1. The predicted molar refractivity (Wildman–Crippen MR) is 131 cm³/mol. The zero-order valence-electron chi connectivity index (χ0n) is 18.7. The predicted octanol–water partition coefficient (Wildman–Crippen LogP) is 4.14. The fourth-order valence-corrected chi connectivity index (χ4v) is 5.83. The molecule has 0 unspecified atom stereocenters. The number of nitrogens with zero attached hydrogens (tertiary/aromatic N) is 3. The van der Waals surface area contributed by atoms with Gasteiger partial charge < -0.3 is 14.7 Å². The molecule has 2 aliphatic heterocycles. The molecule has 36 heavy (non-hydrogen) atoms. The van der Waals surface area contributed by atoms with E-state index in [0.29, 0.717) is 5.56 Å². The Bertz CT molecular complexity index is 1580. The van der Waals surface area contributed by atoms with E-state index in [1.54, 1.807) is 17.2 Å². The highest BCUT2D eigenvalue weighted by atomic mass is 32.1. The van der Waals surface area contributed by atoms with Gasteiger partial charge in [-0.1, -0.05) is 24.3 Å². The zero-order valence-corrected chi connectivity index (χ0v) is 19.5. The van der Waals surface area contributed by atoms with Crippen molar-refractivity contribution in [2.45, 2.75) is 6.04 Å². The number of hydrogen-bond acceptors (Lipinski definition) is 6. The Labute approximate surface area is 207 Å². The van der Waals surface area contributed by atoms with Crippen LogP contribution in [-0.4, -0.2) is 40.4 Å². The highest BCUT2D eigenvalue weighted by Gasteiger charge is 2.38. The number of aromatic hydroxyl groups is 1. The first-order chi connectivity index (χ1) is 17.4. The average molecular weight is 508 g/mol. The number of fused-ring (bicyclic) bond motifs is 6. The van der Waals surface area contributed by atoms with Gasteiger partial charge >= 0.3 is 0 Å². The van der Waals surface area contributed by atoms with Gasteiger partial charge in [-0.05, 0) is 35.7 Å². The van der Waals surface area contributed by atoms with Gasteiger partial charge in [0.25, 0.3) is 5.91 Å². The van der Waals surface area contributed by atoms with E-state index in [9.17, 15) is 19.1 Å². The normalized spacial score (nSPS) is 18.3. The summed E-state index contributed by atoms with van der Waals surface area (Å²) >= 11 is 1.47. The molecule has 0 saturated carbocycles. The summed E-state index contributed by atoms with van der Waals surface area (Å²) in [4.78, 5) is 27.8. The number of benzene rings is 2. The topological polar surface area (TPSA) is 75.0 Å². The SMILES string of the molecule is O=C1c2c(O)c(=O)ccn2N2CN1C/C=C\COc1c(ccc(F)c1F)[C@H]2c1cc2ccccc2s1. The van der Waals surface area contributed by atoms with Crippen LogP contribution in [0.5, 0.6) is 11.5 Å². The Balaban J connectivity index is 1.67. The van der Waals surface area contributed by atoms with E-state index >= 15 is 4.39 Å². The number of ether oxygens (including phenoxy) is 1. The maximum atomic E-state index is 15.1. The minimum atomic E-state index is -1.11. The van der Waals surface area contributed by atoms with Gasteiger partial charge in [-0.25, -0.2) is 4.39 Å². The van der Waals surface area contributed by atoms with Gasteiger partial charge in [0.05, 0.1) is 0 Å². The van der Waals surface area contributed by atoms with E-state index in [1.807, 2.05) is 30.3 Å². The van der Waals surface area contributed by atoms with Crippen molar-refractivity contribution < 1.29 is 23.4 Å². The van der Waals surface area contributed by atoms with E-state index in [4.69, 9.17) is 4.74 Å². The van der Waals surface area contributed by atoms with Crippen molar-refractivity contribution in [3.05, 3.63) is 105 Å². The Morgan fingerprint density at radius 1 is 1.06 bits per heavy atom. The number of pyridine rings is 1. The van der Waals surface area contributed by atoms with Crippen LogP contribution in [-0.2, 0) is 0 Å². The summed E-state index contributed by atoms with van der Waals surface area (Å²) in [7, 11) is 0. The van der Waals surface area contributed by atoms with Crippen LogP contribution in [0.2, 0.25) is 0 Å². The Hall–Kier alpha value is -4.18. The summed E-state index contributed by atoms with van der Waals surface area (Å²) in [6.07, 6.45) is 4.68. The summed E-state index contributed by atoms with van der Waals surface area (Å²) in [6, 6.07) is 12.6. The highest BCUT2D eigenvalue weighted by molar-refractivity contribution is 7.19. The van der Waals surface area contributed by atoms with Gasteiger partial charge in [0, 0.05) is 33.9 Å². The van der Waals surface area contributed by atoms with E-state index in [-0.39, 0.29) is 31.3 Å². The third-order valence-corrected chi connectivity index (χ3v) is 7.51. The van der Waals surface area contributed by atoms with Crippen molar-refractivity contribution >= 4 is 27.3 Å². The molecule has 2 aromatic heterocycles. The molecule has 2 aliphatic rings. The first-order valence-electron chi connectivity index (χ1n) is 11.2. The lowest BCUT2D eigenvalue weighted by Gasteiger charge is -2.43. The van der Waals surface area contributed by atoms with Crippen LogP contribution < -0.4 is 15.2 Å². The highest BCUT2D eigenvalue weighted by Crippen LogP contribution is 2.42. The number of thiophene rings is 1. The van der Waals surface area contributed by atoms with Crippen LogP contribution in [0.3, 0.4) is 0 Å². The van der Waals surface area contributed by atoms with E-state index in [0.717, 1.165) is 27.1 Å². The van der Waals surface area contributed by atoms with Crippen molar-refractivity contribution in [1.29, 1.82) is 0 Å². The van der Waals surface area contributed by atoms with Gasteiger partial charge in [-0.2, -0.15) is 4.39 Å². The second-order valence-electron chi connectivity index (χ2n) is 8.48. The number of rotatable bonds is 1. The van der Waals surface area contributed by atoms with E-state index in [1.165, 1.54) is 33.2 Å². The molecule has 1 atom stereocenters. The van der Waals surface area contributed by atoms with Crippen molar-refractivity contribution in [3.8, 4) is 11.5 Å². The zero-order chi connectivity index (χ0) is 25.0. The molecule has 0 saturated heterocycles. The monoisotopic (exact) mass is 507 g/mol. The number of carbonyl (C=O) groups is 1. The molecule has 182 valence electrons. The molecule has 1 N–H and O–H groups in total. The van der Waals surface area contributed by atoms with Crippen molar-refractivity contribution in [1.82, 2.24) is 9.58 Å². The Morgan fingerprint density at radius 2 is 1.89 bits per heavy atom. The molecule has 4 aromatic rings. The lowest BCUT2D eigenvalue weighted by Crippen LogP contribution is -2.55. The Morgan fingerprint density at radius 3 is 2.72 bits per heavy atom. The molecule has 2 aromatic carbocycles. The summed E-state index contributed by atoms with van der Waals surface area (Å²) < 4.78 is 37.6. The third-order valence-electron chi connectivity index (χ3n) is 6.34. The van der Waals surface area contributed by atoms with Crippen molar-refractivity contribution in [3.63, 3.8) is 0 Å². The standard InChI is InChI=1S/C26H19F2N3O4S/c27-17-8-7-16-22(20-13-15-5-1-2-6-19(15)36-20)31-14-29(10-3-4-12-35-25(16)21(17)28)26(34)23-24(33)18(32)9-11-30(23)31/h1-9,11,13,22,33H,10,12,14H2/b4-3-/t22-/m0/s1. The van der Waals surface area contributed by atoms with E-state index < -0.39 is 34.8 Å². The van der Waals surface area contributed by atoms with Gasteiger partial charge in [0.15, 0.2) is 23.0 Å². The van der Waals surface area contributed by atoms with E-state index in [2.05, 4.69) is 0 Å². The molecule has 0 spiro atoms. The first kappa shape index (κ1) is 22.3. The lowest BCUT2D eigenvalue weighted by atomic mass is 10.0. The average Bonchev–Trinajstić information content (AvgIpc) is 3.29. The van der Waals surface area contributed by atoms with Crippen LogP contribution >= 0.6 is 11.3 Å². The summed E-state index contributed by atoms with van der Waals surface area (Å²) in [5, 5.41) is 13.3. The molecule has 2 bridgehead atoms. The fourth-order valence-electron chi connectivity index (χ4n) is 4.64. The lowest BCUT2D eigenvalue weighted by molar-refractivity contribution is 0.0701. The number of halogens is 2. The van der Waals surface area contributed by atoms with Crippen molar-refractivity contribution in [2.24, 2.45) is 0 Å². The van der Waals surface area contributed by atoms with Crippen LogP contribution in [0.4, 0.5) is 8.78 Å². The maximum Gasteiger partial charge on any atom is 0.278 e. The fraction of sp³-hybridized carbons (Fsp3) is 0.154. The minimum Gasteiger partial charge on any atom is -0.502 e. The summed E-state index contributed by atoms with van der Waals surface area (Å²) in [5.41, 5.74) is -0.543. The van der Waals surface area contributed by atoms with Crippen molar-refractivity contribution in [2.75, 3.05) is 24.8 Å². The second kappa shape index (κ2) is 8.49. The van der Waals surface area contributed by atoms with Gasteiger partial charge in [0.1, 0.15) is 19.3 Å². The molecular weight excluding hydrogens is 488 g/mol. The van der Waals surface area contributed by atoms with Crippen LogP contribution in [0.25, 0.3) is 10.1 Å². The molecule has 4 heterocycles. The minimum absolute atomic E-state index is 0.0371. The van der Waals surface area contributed by atoms with Gasteiger partial charge in [0.2, 0.25) is 11.2 Å². The second-order valence-corrected chi connectivity index (χ2v) is 9.60. The largest absolute Gasteiger partial charge is 0.502 e. The molecule has 1 amide bonds. The van der Waals surface area contributed by atoms with Crippen LogP contribution in [0.15, 0.2) is 71.7 Å². The molecule has 6 rings (SSSR count). The molecule has 0 radical (unpaired) electrons. The first-order valence-corrected chi connectivity index (χ1v) is 12.0. The molecule has 0 aliphatic carbocycles. The van der Waals surface area contributed by atoms with Gasteiger partial charge in [-0.3, -0.25) is 19.3 Å². The molecular formula is C26H19F2N3O4S. The number of aromatic nitrogens is 1. The third kappa shape index (κ3) is 3.44. The molecule has 7 nitrogen and oxygen atoms in total. The number of amides is 1. The van der Waals surface area contributed by atoms with Gasteiger partial charge in [-0.15, -0.1) is 11.3 Å². The molecule has 0 fully saturated rings. The number of carbonyl (C=O) groups excluding carboxylic acids is 1. The smallest absolute Gasteiger partial charge is 0.278 e. The summed E-state index contributed by atoms with van der Waals surface area (Å²) in [6.45, 7) is 0.175. The molecule has 10 heteroatoms. The van der Waals surface area contributed by atoms with Crippen LogP contribution in [0.1, 0.15) is 27.0 Å². The quantitative estimate of drug-likeness (QED) is 0.392. The summed E-state index contributed by atoms with van der Waals surface area (Å²) in [5.74, 6) is -3.59. The van der Waals surface area contributed by atoms with Crippen LogP contribution in [0, 0.1) is 11.6 Å². The Kier molecular flexibility index (Phi) is 5.26. The maximum absolute atomic E-state index is 15.1.